The topological polar surface area (TPSA) is 18.5 Å². The molecule has 0 aromatic carbocycles. The summed E-state index contributed by atoms with van der Waals surface area (Å²) in [6.45, 7) is 4.66. The van der Waals surface area contributed by atoms with Crippen LogP contribution in [0.2, 0.25) is 0 Å². The maximum atomic E-state index is 5.27. The molecule has 90 valence electrons. The molecule has 1 unspecified atom stereocenters. The largest absolute Gasteiger partial charge is 0.459 e. The molecule has 1 aliphatic carbocycles. The molecule has 0 bridgehead atoms. The summed E-state index contributed by atoms with van der Waals surface area (Å²) in [5.41, 5.74) is 1.59. The summed E-state index contributed by atoms with van der Waals surface area (Å²) in [5.74, 6) is 1.72. The van der Waals surface area contributed by atoms with E-state index >= 15 is 0 Å². The van der Waals surface area contributed by atoms with Crippen molar-refractivity contribution in [2.24, 2.45) is 11.8 Å². The minimum Gasteiger partial charge on any atom is -0.459 e. The Hall–Kier alpha value is -0.920. The number of hydrogen-bond acceptors (Lipinski definition) is 2. The SMILES string of the molecule is CC(C)C1CC=C(CCC2OC=CO2)CC1. The second-order valence-corrected chi connectivity index (χ2v) is 5.15. The van der Waals surface area contributed by atoms with Gasteiger partial charge < -0.3 is 9.47 Å². The van der Waals surface area contributed by atoms with Crippen LogP contribution in [0.4, 0.5) is 0 Å². The molecular formula is C14H22O2. The molecule has 0 amide bonds. The Balaban J connectivity index is 1.71. The first-order valence-electron chi connectivity index (χ1n) is 6.39. The summed E-state index contributed by atoms with van der Waals surface area (Å²) in [6.07, 6.45) is 11.7. The lowest BCUT2D eigenvalue weighted by atomic mass is 9.81. The van der Waals surface area contributed by atoms with Crippen LogP contribution in [0.15, 0.2) is 24.2 Å². The van der Waals surface area contributed by atoms with Gasteiger partial charge >= 0.3 is 0 Å². The van der Waals surface area contributed by atoms with Crippen LogP contribution in [0.3, 0.4) is 0 Å². The standard InChI is InChI=1S/C14H22O2/c1-11(2)13-6-3-12(4-7-13)5-8-14-15-9-10-16-14/h3,9-11,13-14H,4-8H2,1-2H3. The van der Waals surface area contributed by atoms with Crippen LogP contribution < -0.4 is 0 Å². The van der Waals surface area contributed by atoms with Crippen molar-refractivity contribution in [1.82, 2.24) is 0 Å². The summed E-state index contributed by atoms with van der Waals surface area (Å²) in [4.78, 5) is 0. The highest BCUT2D eigenvalue weighted by Crippen LogP contribution is 2.31. The van der Waals surface area contributed by atoms with Crippen molar-refractivity contribution in [3.8, 4) is 0 Å². The predicted molar refractivity (Wildman–Crippen MR) is 64.6 cm³/mol. The quantitative estimate of drug-likeness (QED) is 0.669. The van der Waals surface area contributed by atoms with Gasteiger partial charge in [0.15, 0.2) is 0 Å². The molecule has 16 heavy (non-hydrogen) atoms. The van der Waals surface area contributed by atoms with Gasteiger partial charge in [-0.2, -0.15) is 0 Å². The average molecular weight is 222 g/mol. The maximum absolute atomic E-state index is 5.27. The van der Waals surface area contributed by atoms with Gasteiger partial charge in [0.05, 0.1) is 0 Å². The Morgan fingerprint density at radius 3 is 2.62 bits per heavy atom. The lowest BCUT2D eigenvalue weighted by Gasteiger charge is -2.25. The summed E-state index contributed by atoms with van der Waals surface area (Å²) in [6, 6.07) is 0. The minimum absolute atomic E-state index is 0.0382. The van der Waals surface area contributed by atoms with Gasteiger partial charge in [-0.05, 0) is 37.5 Å². The van der Waals surface area contributed by atoms with Gasteiger partial charge in [0, 0.05) is 6.42 Å². The van der Waals surface area contributed by atoms with Crippen LogP contribution in [0, 0.1) is 11.8 Å². The van der Waals surface area contributed by atoms with Crippen molar-refractivity contribution in [3.05, 3.63) is 24.2 Å². The van der Waals surface area contributed by atoms with Gasteiger partial charge in [0.25, 0.3) is 0 Å². The second kappa shape index (κ2) is 5.42. The fourth-order valence-corrected chi connectivity index (χ4v) is 2.45. The van der Waals surface area contributed by atoms with E-state index < -0.39 is 0 Å². The highest BCUT2D eigenvalue weighted by Gasteiger charge is 2.19. The molecule has 0 aromatic heterocycles. The first-order chi connectivity index (χ1) is 7.75. The molecule has 2 aliphatic rings. The van der Waals surface area contributed by atoms with Crippen molar-refractivity contribution in [3.63, 3.8) is 0 Å². The minimum atomic E-state index is -0.0382. The van der Waals surface area contributed by atoms with Crippen molar-refractivity contribution in [2.45, 2.75) is 52.2 Å². The molecule has 0 aromatic rings. The van der Waals surface area contributed by atoms with Gasteiger partial charge in [-0.25, -0.2) is 0 Å². The third kappa shape index (κ3) is 3.03. The van der Waals surface area contributed by atoms with E-state index in [0.29, 0.717) is 0 Å². The summed E-state index contributed by atoms with van der Waals surface area (Å²) < 4.78 is 10.5. The van der Waals surface area contributed by atoms with Crippen LogP contribution in [-0.2, 0) is 9.47 Å². The van der Waals surface area contributed by atoms with E-state index in [-0.39, 0.29) is 6.29 Å². The van der Waals surface area contributed by atoms with E-state index in [1.54, 1.807) is 18.1 Å². The molecule has 2 heteroatoms. The van der Waals surface area contributed by atoms with Gasteiger partial charge in [-0.15, -0.1) is 0 Å². The van der Waals surface area contributed by atoms with Crippen LogP contribution in [0.1, 0.15) is 46.0 Å². The van der Waals surface area contributed by atoms with Crippen LogP contribution in [0.5, 0.6) is 0 Å². The molecule has 0 saturated heterocycles. The van der Waals surface area contributed by atoms with E-state index in [4.69, 9.17) is 9.47 Å². The van der Waals surface area contributed by atoms with E-state index in [2.05, 4.69) is 19.9 Å². The molecule has 0 fully saturated rings. The first-order valence-corrected chi connectivity index (χ1v) is 6.39. The molecule has 0 N–H and O–H groups in total. The van der Waals surface area contributed by atoms with Crippen LogP contribution in [-0.4, -0.2) is 6.29 Å². The number of allylic oxidation sites excluding steroid dienone is 2. The number of ether oxygens (including phenoxy) is 2. The zero-order valence-electron chi connectivity index (χ0n) is 10.3. The van der Waals surface area contributed by atoms with Crippen molar-refractivity contribution < 1.29 is 9.47 Å². The monoisotopic (exact) mass is 222 g/mol. The molecule has 0 radical (unpaired) electrons. The van der Waals surface area contributed by atoms with Gasteiger partial charge in [0.2, 0.25) is 6.29 Å². The van der Waals surface area contributed by atoms with Crippen molar-refractivity contribution >= 4 is 0 Å². The van der Waals surface area contributed by atoms with E-state index in [9.17, 15) is 0 Å². The van der Waals surface area contributed by atoms with Gasteiger partial charge in [0.1, 0.15) is 12.5 Å². The molecular weight excluding hydrogens is 200 g/mol. The lowest BCUT2D eigenvalue weighted by Crippen LogP contribution is -2.13. The Morgan fingerprint density at radius 2 is 2.06 bits per heavy atom. The summed E-state index contributed by atoms with van der Waals surface area (Å²) in [7, 11) is 0. The Morgan fingerprint density at radius 1 is 1.31 bits per heavy atom. The van der Waals surface area contributed by atoms with Gasteiger partial charge in [-0.1, -0.05) is 25.5 Å². The lowest BCUT2D eigenvalue weighted by molar-refractivity contribution is -0.0277. The summed E-state index contributed by atoms with van der Waals surface area (Å²) in [5, 5.41) is 0. The van der Waals surface area contributed by atoms with Crippen molar-refractivity contribution in [1.29, 1.82) is 0 Å². The molecule has 1 atom stereocenters. The molecule has 0 spiro atoms. The predicted octanol–water partition coefficient (Wildman–Crippen LogP) is 3.99. The molecule has 2 rings (SSSR count). The smallest absolute Gasteiger partial charge is 0.240 e. The normalized spacial score (nSPS) is 25.4. The third-order valence-corrected chi connectivity index (χ3v) is 3.71. The fraction of sp³-hybridized carbons (Fsp3) is 0.714. The molecule has 1 heterocycles. The molecule has 1 aliphatic heterocycles. The average Bonchev–Trinajstić information content (AvgIpc) is 2.80. The molecule has 2 nitrogen and oxygen atoms in total. The van der Waals surface area contributed by atoms with E-state index in [1.807, 2.05) is 0 Å². The van der Waals surface area contributed by atoms with Gasteiger partial charge in [-0.3, -0.25) is 0 Å². The van der Waals surface area contributed by atoms with Crippen LogP contribution in [0.25, 0.3) is 0 Å². The molecule has 0 saturated carbocycles. The van der Waals surface area contributed by atoms with E-state index in [0.717, 1.165) is 24.7 Å². The zero-order chi connectivity index (χ0) is 11.4. The van der Waals surface area contributed by atoms with Crippen LogP contribution >= 0.6 is 0 Å². The maximum Gasteiger partial charge on any atom is 0.240 e. The summed E-state index contributed by atoms with van der Waals surface area (Å²) >= 11 is 0. The number of rotatable bonds is 4. The first kappa shape index (κ1) is 11.6. The fourth-order valence-electron chi connectivity index (χ4n) is 2.45. The second-order valence-electron chi connectivity index (χ2n) is 5.15. The number of hydrogen-bond donors (Lipinski definition) is 0. The van der Waals surface area contributed by atoms with E-state index in [1.165, 1.54) is 19.3 Å². The Kier molecular flexibility index (Phi) is 3.92. The third-order valence-electron chi connectivity index (χ3n) is 3.71. The highest BCUT2D eigenvalue weighted by atomic mass is 16.7. The zero-order valence-corrected chi connectivity index (χ0v) is 10.3. The van der Waals surface area contributed by atoms with Crippen molar-refractivity contribution in [2.75, 3.05) is 0 Å². The highest BCUT2D eigenvalue weighted by molar-refractivity contribution is 5.07. The Bertz CT molecular complexity index is 270. The Labute approximate surface area is 98.3 Å².